The predicted molar refractivity (Wildman–Crippen MR) is 106 cm³/mol. The van der Waals surface area contributed by atoms with Gasteiger partial charge in [0.05, 0.1) is 6.04 Å². The number of hydrogen-bond acceptors (Lipinski definition) is 6. The molecule has 4 rings (SSSR count). The normalized spacial score (nSPS) is 13.5. The van der Waals surface area contributed by atoms with Gasteiger partial charge in [-0.1, -0.05) is 50.2 Å². The van der Waals surface area contributed by atoms with Crippen LogP contribution in [0.5, 0.6) is 0 Å². The van der Waals surface area contributed by atoms with Crippen molar-refractivity contribution in [3.8, 4) is 0 Å². The SMILES string of the molecule is CC(C)C[C@@H](NC(=O)[C@H](c1ccccc1)n1cnnn1)c1nnc2ccccn12. The van der Waals surface area contributed by atoms with Gasteiger partial charge in [-0.3, -0.25) is 9.20 Å². The average Bonchev–Trinajstić information content (AvgIpc) is 3.38. The number of nitrogens with one attached hydrogen (secondary N) is 1. The van der Waals surface area contributed by atoms with E-state index in [0.29, 0.717) is 11.7 Å². The lowest BCUT2D eigenvalue weighted by Gasteiger charge is -2.23. The van der Waals surface area contributed by atoms with Gasteiger partial charge in [0, 0.05) is 6.20 Å². The number of carbonyl (C=O) groups excluding carboxylic acids is 1. The van der Waals surface area contributed by atoms with E-state index in [1.54, 1.807) is 0 Å². The zero-order valence-electron chi connectivity index (χ0n) is 16.3. The van der Waals surface area contributed by atoms with Crippen LogP contribution >= 0.6 is 0 Å². The highest BCUT2D eigenvalue weighted by atomic mass is 16.2. The van der Waals surface area contributed by atoms with Crippen LogP contribution in [0.4, 0.5) is 0 Å². The van der Waals surface area contributed by atoms with E-state index < -0.39 is 6.04 Å². The molecule has 0 bridgehead atoms. The number of rotatable bonds is 7. The van der Waals surface area contributed by atoms with Crippen molar-refractivity contribution in [2.24, 2.45) is 5.92 Å². The second kappa shape index (κ2) is 8.17. The molecule has 29 heavy (non-hydrogen) atoms. The zero-order valence-corrected chi connectivity index (χ0v) is 16.3. The molecule has 9 heteroatoms. The van der Waals surface area contributed by atoms with Gasteiger partial charge in [-0.2, -0.15) is 0 Å². The first-order chi connectivity index (χ1) is 14.1. The Bertz CT molecular complexity index is 1070. The summed E-state index contributed by atoms with van der Waals surface area (Å²) in [6.07, 6.45) is 4.07. The Morgan fingerprint density at radius 3 is 2.59 bits per heavy atom. The monoisotopic (exact) mass is 390 g/mol. The van der Waals surface area contributed by atoms with Crippen LogP contribution in [0.3, 0.4) is 0 Å². The average molecular weight is 390 g/mol. The summed E-state index contributed by atoms with van der Waals surface area (Å²) in [5, 5.41) is 23.1. The molecule has 0 aliphatic carbocycles. The van der Waals surface area contributed by atoms with E-state index in [2.05, 4.69) is 44.9 Å². The van der Waals surface area contributed by atoms with Crippen molar-refractivity contribution in [2.45, 2.75) is 32.4 Å². The van der Waals surface area contributed by atoms with Crippen LogP contribution in [0.1, 0.15) is 43.7 Å². The number of benzene rings is 1. The number of pyridine rings is 1. The minimum Gasteiger partial charge on any atom is -0.344 e. The van der Waals surface area contributed by atoms with Crippen molar-refractivity contribution >= 4 is 11.6 Å². The molecule has 1 amide bonds. The highest BCUT2D eigenvalue weighted by Gasteiger charge is 2.28. The summed E-state index contributed by atoms with van der Waals surface area (Å²) in [7, 11) is 0. The molecule has 0 saturated carbocycles. The van der Waals surface area contributed by atoms with Crippen LogP contribution in [0.25, 0.3) is 5.65 Å². The van der Waals surface area contributed by atoms with Crippen LogP contribution < -0.4 is 5.32 Å². The van der Waals surface area contributed by atoms with Crippen molar-refractivity contribution in [1.82, 2.24) is 40.1 Å². The second-order valence-corrected chi connectivity index (χ2v) is 7.28. The Labute approximate surface area is 167 Å². The fourth-order valence-electron chi connectivity index (χ4n) is 3.39. The molecule has 0 unspecified atom stereocenters. The zero-order chi connectivity index (χ0) is 20.2. The minimum atomic E-state index is -0.681. The van der Waals surface area contributed by atoms with Crippen LogP contribution in [0.2, 0.25) is 0 Å². The van der Waals surface area contributed by atoms with E-state index in [9.17, 15) is 4.79 Å². The van der Waals surface area contributed by atoms with E-state index in [-0.39, 0.29) is 11.9 Å². The maximum Gasteiger partial charge on any atom is 0.250 e. The molecule has 2 atom stereocenters. The molecule has 0 spiro atoms. The van der Waals surface area contributed by atoms with E-state index >= 15 is 0 Å². The van der Waals surface area contributed by atoms with Crippen molar-refractivity contribution in [1.29, 1.82) is 0 Å². The molecule has 3 heterocycles. The van der Waals surface area contributed by atoms with Gasteiger partial charge in [0.2, 0.25) is 5.91 Å². The van der Waals surface area contributed by atoms with Crippen molar-refractivity contribution in [3.63, 3.8) is 0 Å². The predicted octanol–water partition coefficient (Wildman–Crippen LogP) is 2.21. The maximum absolute atomic E-state index is 13.4. The quantitative estimate of drug-likeness (QED) is 0.519. The van der Waals surface area contributed by atoms with Gasteiger partial charge in [-0.15, -0.1) is 15.3 Å². The molecule has 0 saturated heterocycles. The summed E-state index contributed by atoms with van der Waals surface area (Å²) in [6.45, 7) is 4.22. The molecule has 0 aliphatic rings. The Kier molecular flexibility index (Phi) is 5.28. The Morgan fingerprint density at radius 2 is 1.86 bits per heavy atom. The van der Waals surface area contributed by atoms with E-state index in [4.69, 9.17) is 0 Å². The van der Waals surface area contributed by atoms with Crippen molar-refractivity contribution < 1.29 is 4.79 Å². The summed E-state index contributed by atoms with van der Waals surface area (Å²) in [6, 6.07) is 14.2. The summed E-state index contributed by atoms with van der Waals surface area (Å²) >= 11 is 0. The summed E-state index contributed by atoms with van der Waals surface area (Å²) in [4.78, 5) is 13.4. The standard InChI is InChI=1S/C20H22N8O/c1-14(2)12-16(19-24-23-17-10-6-7-11-27(17)19)22-20(29)18(28-13-21-25-26-28)15-8-4-3-5-9-15/h3-11,13-14,16,18H,12H2,1-2H3,(H,22,29)/t16-,18+/m1/s1. The van der Waals surface area contributed by atoms with Gasteiger partial charge in [-0.05, 0) is 40.5 Å². The molecule has 3 aromatic heterocycles. The maximum atomic E-state index is 13.4. The molecule has 4 aromatic rings. The molecule has 0 radical (unpaired) electrons. The third kappa shape index (κ3) is 3.98. The van der Waals surface area contributed by atoms with Gasteiger partial charge < -0.3 is 5.32 Å². The largest absolute Gasteiger partial charge is 0.344 e. The third-order valence-electron chi connectivity index (χ3n) is 4.67. The lowest BCUT2D eigenvalue weighted by molar-refractivity contribution is -0.124. The molecule has 0 fully saturated rings. The smallest absolute Gasteiger partial charge is 0.250 e. The Balaban J connectivity index is 1.68. The highest BCUT2D eigenvalue weighted by Crippen LogP contribution is 2.24. The van der Waals surface area contributed by atoms with Gasteiger partial charge in [0.15, 0.2) is 17.5 Å². The van der Waals surface area contributed by atoms with Gasteiger partial charge >= 0.3 is 0 Å². The van der Waals surface area contributed by atoms with E-state index in [1.165, 1.54) is 11.0 Å². The Morgan fingerprint density at radius 1 is 1.07 bits per heavy atom. The van der Waals surface area contributed by atoms with Crippen LogP contribution in [0, 0.1) is 5.92 Å². The Hall–Kier alpha value is -3.62. The lowest BCUT2D eigenvalue weighted by atomic mass is 10.0. The number of aromatic nitrogens is 7. The van der Waals surface area contributed by atoms with Gasteiger partial charge in [-0.25, -0.2) is 4.68 Å². The number of hydrogen-bond donors (Lipinski definition) is 1. The summed E-state index contributed by atoms with van der Waals surface area (Å²) in [5.41, 5.74) is 1.54. The van der Waals surface area contributed by atoms with Crippen LogP contribution in [-0.2, 0) is 4.79 Å². The van der Waals surface area contributed by atoms with E-state index in [0.717, 1.165) is 17.6 Å². The fourth-order valence-corrected chi connectivity index (χ4v) is 3.39. The highest BCUT2D eigenvalue weighted by molar-refractivity contribution is 5.83. The lowest BCUT2D eigenvalue weighted by Crippen LogP contribution is -2.37. The van der Waals surface area contributed by atoms with Gasteiger partial charge in [0.25, 0.3) is 0 Å². The topological polar surface area (TPSA) is 103 Å². The summed E-state index contributed by atoms with van der Waals surface area (Å²) in [5.74, 6) is 0.840. The summed E-state index contributed by atoms with van der Waals surface area (Å²) < 4.78 is 3.36. The van der Waals surface area contributed by atoms with Crippen LogP contribution in [0.15, 0.2) is 61.1 Å². The van der Waals surface area contributed by atoms with E-state index in [1.807, 2.05) is 59.1 Å². The first-order valence-corrected chi connectivity index (χ1v) is 9.51. The third-order valence-corrected chi connectivity index (χ3v) is 4.67. The number of nitrogens with zero attached hydrogens (tertiary/aromatic N) is 7. The molecule has 148 valence electrons. The number of amides is 1. The van der Waals surface area contributed by atoms with Crippen molar-refractivity contribution in [2.75, 3.05) is 0 Å². The minimum absolute atomic E-state index is 0.207. The van der Waals surface area contributed by atoms with Crippen LogP contribution in [-0.4, -0.2) is 40.7 Å². The van der Waals surface area contributed by atoms with Gasteiger partial charge in [0.1, 0.15) is 6.33 Å². The fraction of sp³-hybridized carbons (Fsp3) is 0.300. The first kappa shape index (κ1) is 18.7. The molecular formula is C20H22N8O. The number of fused-ring (bicyclic) bond motifs is 1. The molecular weight excluding hydrogens is 368 g/mol. The first-order valence-electron chi connectivity index (χ1n) is 9.51. The molecule has 9 nitrogen and oxygen atoms in total. The molecule has 1 aromatic carbocycles. The van der Waals surface area contributed by atoms with Crippen molar-refractivity contribution in [3.05, 3.63) is 72.4 Å². The molecule has 0 aliphatic heterocycles. The number of tetrazole rings is 1. The second-order valence-electron chi connectivity index (χ2n) is 7.28. The molecule has 1 N–H and O–H groups in total. The number of carbonyl (C=O) groups is 1.